The van der Waals surface area contributed by atoms with Crippen LogP contribution < -0.4 is 15.4 Å². The van der Waals surface area contributed by atoms with E-state index in [4.69, 9.17) is 0 Å². The molecule has 1 saturated carbocycles. The van der Waals surface area contributed by atoms with Crippen LogP contribution in [0, 0.1) is 0 Å². The first-order valence-corrected chi connectivity index (χ1v) is 9.92. The standard InChI is InChI=1S/C12H26N4O2S2/c1-4-19-11-6-5-10(9-11)16-12(13-2)14-7-8-15-20(3,17)18/h10-11,15H,4-9H2,1-3H3,(H2,13,14,16). The molecule has 2 atom stereocenters. The van der Waals surface area contributed by atoms with Crippen LogP contribution in [0.15, 0.2) is 4.99 Å². The average molecular weight is 323 g/mol. The molecule has 0 aliphatic heterocycles. The van der Waals surface area contributed by atoms with Crippen LogP contribution in [0.1, 0.15) is 26.2 Å². The van der Waals surface area contributed by atoms with Crippen LogP contribution in [0.2, 0.25) is 0 Å². The summed E-state index contributed by atoms with van der Waals surface area (Å²) in [6.45, 7) is 3.08. The Morgan fingerprint density at radius 1 is 1.35 bits per heavy atom. The number of nitrogens with one attached hydrogen (secondary N) is 3. The molecular formula is C12H26N4O2S2. The van der Waals surface area contributed by atoms with Gasteiger partial charge < -0.3 is 10.6 Å². The molecule has 0 radical (unpaired) electrons. The van der Waals surface area contributed by atoms with Crippen LogP contribution >= 0.6 is 11.8 Å². The van der Waals surface area contributed by atoms with Gasteiger partial charge in [-0.15, -0.1) is 0 Å². The predicted octanol–water partition coefficient (Wildman–Crippen LogP) is 0.375. The maximum Gasteiger partial charge on any atom is 0.208 e. The van der Waals surface area contributed by atoms with E-state index in [9.17, 15) is 8.42 Å². The number of hydrogen-bond donors (Lipinski definition) is 3. The second-order valence-electron chi connectivity index (χ2n) is 4.90. The van der Waals surface area contributed by atoms with Gasteiger partial charge >= 0.3 is 0 Å². The number of aliphatic imine (C=N–C) groups is 1. The van der Waals surface area contributed by atoms with Gasteiger partial charge in [-0.3, -0.25) is 4.99 Å². The van der Waals surface area contributed by atoms with Gasteiger partial charge in [0.05, 0.1) is 6.26 Å². The van der Waals surface area contributed by atoms with Gasteiger partial charge in [-0.1, -0.05) is 6.92 Å². The lowest BCUT2D eigenvalue weighted by atomic mass is 10.2. The van der Waals surface area contributed by atoms with Crippen molar-refractivity contribution in [3.63, 3.8) is 0 Å². The zero-order valence-electron chi connectivity index (χ0n) is 12.5. The Bertz CT molecular complexity index is 412. The highest BCUT2D eigenvalue weighted by molar-refractivity contribution is 7.99. The molecular weight excluding hydrogens is 296 g/mol. The Morgan fingerprint density at radius 3 is 2.70 bits per heavy atom. The summed E-state index contributed by atoms with van der Waals surface area (Å²) in [6, 6.07) is 0.466. The van der Waals surface area contributed by atoms with Crippen molar-refractivity contribution in [2.45, 2.75) is 37.5 Å². The highest BCUT2D eigenvalue weighted by Crippen LogP contribution is 2.29. The SMILES string of the molecule is CCSC1CCC(NC(=NC)NCCNS(C)(=O)=O)C1. The van der Waals surface area contributed by atoms with Crippen molar-refractivity contribution in [1.29, 1.82) is 0 Å². The minimum Gasteiger partial charge on any atom is -0.355 e. The topological polar surface area (TPSA) is 82.6 Å². The molecule has 0 saturated heterocycles. The Hall–Kier alpha value is -0.470. The number of hydrogen-bond acceptors (Lipinski definition) is 4. The molecule has 0 aromatic heterocycles. The average Bonchev–Trinajstić information content (AvgIpc) is 2.80. The highest BCUT2D eigenvalue weighted by Gasteiger charge is 2.24. The first-order valence-electron chi connectivity index (χ1n) is 6.98. The molecule has 20 heavy (non-hydrogen) atoms. The van der Waals surface area contributed by atoms with Crippen LogP contribution in [0.3, 0.4) is 0 Å². The second-order valence-corrected chi connectivity index (χ2v) is 8.31. The number of sulfonamides is 1. The van der Waals surface area contributed by atoms with E-state index in [-0.39, 0.29) is 0 Å². The Morgan fingerprint density at radius 2 is 2.10 bits per heavy atom. The van der Waals surface area contributed by atoms with Gasteiger partial charge in [0.1, 0.15) is 0 Å². The Labute approximate surface area is 126 Å². The van der Waals surface area contributed by atoms with Crippen molar-refractivity contribution in [3.8, 4) is 0 Å². The number of rotatable bonds is 7. The van der Waals surface area contributed by atoms with Crippen molar-refractivity contribution >= 4 is 27.7 Å². The molecule has 0 amide bonds. The summed E-state index contributed by atoms with van der Waals surface area (Å²) in [4.78, 5) is 4.17. The van der Waals surface area contributed by atoms with E-state index < -0.39 is 10.0 Å². The van der Waals surface area contributed by atoms with Gasteiger partial charge in [-0.05, 0) is 25.0 Å². The molecule has 1 aliphatic carbocycles. The predicted molar refractivity (Wildman–Crippen MR) is 86.9 cm³/mol. The number of guanidine groups is 1. The van der Waals surface area contributed by atoms with Crippen molar-refractivity contribution in [2.75, 3.05) is 32.1 Å². The third-order valence-electron chi connectivity index (χ3n) is 3.13. The van der Waals surface area contributed by atoms with Gasteiger partial charge in [-0.2, -0.15) is 11.8 Å². The fourth-order valence-electron chi connectivity index (χ4n) is 2.26. The molecule has 0 heterocycles. The lowest BCUT2D eigenvalue weighted by molar-refractivity contribution is 0.584. The van der Waals surface area contributed by atoms with E-state index in [0.717, 1.165) is 17.5 Å². The van der Waals surface area contributed by atoms with Gasteiger partial charge in [0.15, 0.2) is 5.96 Å². The van der Waals surface area contributed by atoms with E-state index in [1.807, 2.05) is 11.8 Å². The molecule has 0 bridgehead atoms. The van der Waals surface area contributed by atoms with Crippen LogP contribution in [0.4, 0.5) is 0 Å². The van der Waals surface area contributed by atoms with Gasteiger partial charge in [-0.25, -0.2) is 13.1 Å². The lowest BCUT2D eigenvalue weighted by Gasteiger charge is -2.17. The van der Waals surface area contributed by atoms with Crippen molar-refractivity contribution in [1.82, 2.24) is 15.4 Å². The number of thioether (sulfide) groups is 1. The van der Waals surface area contributed by atoms with Gasteiger partial charge in [0.2, 0.25) is 10.0 Å². The molecule has 1 aliphatic rings. The maximum atomic E-state index is 10.9. The van der Waals surface area contributed by atoms with Crippen molar-refractivity contribution in [2.24, 2.45) is 4.99 Å². The fraction of sp³-hybridized carbons (Fsp3) is 0.917. The van der Waals surface area contributed by atoms with Gasteiger partial charge in [0.25, 0.3) is 0 Å². The second kappa shape index (κ2) is 8.74. The molecule has 118 valence electrons. The zero-order chi connectivity index (χ0) is 15.0. The molecule has 0 aromatic rings. The molecule has 2 unspecified atom stereocenters. The molecule has 1 rings (SSSR count). The number of nitrogens with zero attached hydrogens (tertiary/aromatic N) is 1. The van der Waals surface area contributed by atoms with Crippen LogP contribution in [-0.2, 0) is 10.0 Å². The van der Waals surface area contributed by atoms with Crippen LogP contribution in [-0.4, -0.2) is 57.8 Å². The first-order chi connectivity index (χ1) is 9.44. The Kier molecular flexibility index (Phi) is 7.68. The third kappa shape index (κ3) is 7.35. The zero-order valence-corrected chi connectivity index (χ0v) is 14.1. The smallest absolute Gasteiger partial charge is 0.208 e. The summed E-state index contributed by atoms with van der Waals surface area (Å²) in [5.74, 6) is 1.91. The summed E-state index contributed by atoms with van der Waals surface area (Å²) in [7, 11) is -1.39. The normalized spacial score (nSPS) is 23.9. The van der Waals surface area contributed by atoms with E-state index >= 15 is 0 Å². The minimum atomic E-state index is -3.12. The van der Waals surface area contributed by atoms with Crippen molar-refractivity contribution < 1.29 is 8.42 Å². The molecule has 0 aromatic carbocycles. The molecule has 6 nitrogen and oxygen atoms in total. The largest absolute Gasteiger partial charge is 0.355 e. The summed E-state index contributed by atoms with van der Waals surface area (Å²) >= 11 is 2.02. The van der Waals surface area contributed by atoms with Crippen molar-refractivity contribution in [3.05, 3.63) is 0 Å². The van der Waals surface area contributed by atoms with Crippen LogP contribution in [0.25, 0.3) is 0 Å². The van der Waals surface area contributed by atoms with E-state index in [1.165, 1.54) is 25.0 Å². The fourth-order valence-corrected chi connectivity index (χ4v) is 3.88. The molecule has 1 fully saturated rings. The first kappa shape index (κ1) is 17.6. The monoisotopic (exact) mass is 322 g/mol. The van der Waals surface area contributed by atoms with Gasteiger partial charge in [0, 0.05) is 31.4 Å². The molecule has 8 heteroatoms. The molecule has 0 spiro atoms. The van der Waals surface area contributed by atoms with E-state index in [0.29, 0.717) is 19.1 Å². The molecule has 3 N–H and O–H groups in total. The summed E-state index contributed by atoms with van der Waals surface area (Å²) < 4.78 is 24.3. The summed E-state index contributed by atoms with van der Waals surface area (Å²) in [5, 5.41) is 7.27. The highest BCUT2D eigenvalue weighted by atomic mass is 32.2. The summed E-state index contributed by atoms with van der Waals surface area (Å²) in [5.41, 5.74) is 0. The van der Waals surface area contributed by atoms with E-state index in [1.54, 1.807) is 7.05 Å². The maximum absolute atomic E-state index is 10.9. The Balaban J connectivity index is 2.24. The minimum absolute atomic E-state index is 0.360. The van der Waals surface area contributed by atoms with E-state index in [2.05, 4.69) is 27.3 Å². The third-order valence-corrected chi connectivity index (χ3v) is 5.09. The quantitative estimate of drug-likeness (QED) is 0.358. The van der Waals surface area contributed by atoms with Crippen LogP contribution in [0.5, 0.6) is 0 Å². The lowest BCUT2D eigenvalue weighted by Crippen LogP contribution is -2.45. The summed E-state index contributed by atoms with van der Waals surface area (Å²) in [6.07, 6.45) is 4.74.